The molecule has 3 nitrogen and oxygen atoms in total. The van der Waals surface area contributed by atoms with Crippen molar-refractivity contribution < 1.29 is 8.42 Å². The Morgan fingerprint density at radius 3 is 2.60 bits per heavy atom. The molecule has 0 amide bonds. The summed E-state index contributed by atoms with van der Waals surface area (Å²) in [5, 5.41) is 0.983. The molecule has 0 aromatic carbocycles. The Morgan fingerprint density at radius 2 is 1.93 bits per heavy atom. The molecule has 2 rings (SSSR count). The molecule has 1 aliphatic carbocycles. The first-order valence-electron chi connectivity index (χ1n) is 5.61. The van der Waals surface area contributed by atoms with E-state index in [-0.39, 0.29) is 6.04 Å². The third-order valence-corrected chi connectivity index (χ3v) is 6.09. The first-order chi connectivity index (χ1) is 6.98. The van der Waals surface area contributed by atoms with Gasteiger partial charge in [0.15, 0.2) is 0 Å². The highest BCUT2D eigenvalue weighted by Crippen LogP contribution is 2.39. The molecule has 15 heavy (non-hydrogen) atoms. The molecule has 1 saturated heterocycles. The van der Waals surface area contributed by atoms with Gasteiger partial charge in [-0.2, -0.15) is 16.1 Å². The van der Waals surface area contributed by atoms with Crippen LogP contribution in [0.25, 0.3) is 0 Å². The summed E-state index contributed by atoms with van der Waals surface area (Å²) < 4.78 is 25.2. The van der Waals surface area contributed by atoms with Crippen molar-refractivity contribution in [2.45, 2.75) is 49.1 Å². The van der Waals surface area contributed by atoms with Crippen LogP contribution in [-0.2, 0) is 10.0 Å². The van der Waals surface area contributed by atoms with Gasteiger partial charge in [0, 0.05) is 23.1 Å². The summed E-state index contributed by atoms with van der Waals surface area (Å²) in [5.41, 5.74) is 0. The van der Waals surface area contributed by atoms with Crippen molar-refractivity contribution in [3.63, 3.8) is 0 Å². The summed E-state index contributed by atoms with van der Waals surface area (Å²) in [6.07, 6.45) is 6.03. The number of thioether (sulfide) groups is 1. The van der Waals surface area contributed by atoms with Gasteiger partial charge in [0.05, 0.1) is 6.26 Å². The fraction of sp³-hybridized carbons (Fsp3) is 1.00. The summed E-state index contributed by atoms with van der Waals surface area (Å²) in [7, 11) is -3.01. The second kappa shape index (κ2) is 4.26. The van der Waals surface area contributed by atoms with Crippen molar-refractivity contribution in [3.8, 4) is 0 Å². The third-order valence-electron chi connectivity index (χ3n) is 3.31. The molecule has 88 valence electrons. The van der Waals surface area contributed by atoms with E-state index in [9.17, 15) is 8.42 Å². The Hall–Kier alpha value is 0.260. The van der Waals surface area contributed by atoms with Crippen molar-refractivity contribution in [2.24, 2.45) is 0 Å². The lowest BCUT2D eigenvalue weighted by atomic mass is 9.94. The molecule has 0 spiro atoms. The molecule has 0 bridgehead atoms. The van der Waals surface area contributed by atoms with Gasteiger partial charge in [0.2, 0.25) is 10.0 Å². The van der Waals surface area contributed by atoms with Gasteiger partial charge < -0.3 is 0 Å². The van der Waals surface area contributed by atoms with Crippen LogP contribution < -0.4 is 0 Å². The Kier molecular flexibility index (Phi) is 3.33. The maximum atomic E-state index is 11.7. The van der Waals surface area contributed by atoms with Gasteiger partial charge in [-0.15, -0.1) is 0 Å². The van der Waals surface area contributed by atoms with Crippen LogP contribution in [0.2, 0.25) is 0 Å². The van der Waals surface area contributed by atoms with Gasteiger partial charge in [-0.1, -0.05) is 19.8 Å². The summed E-state index contributed by atoms with van der Waals surface area (Å²) in [4.78, 5) is 0. The van der Waals surface area contributed by atoms with Crippen LogP contribution >= 0.6 is 11.8 Å². The maximum Gasteiger partial charge on any atom is 0.211 e. The van der Waals surface area contributed by atoms with E-state index >= 15 is 0 Å². The molecule has 0 N–H and O–H groups in total. The number of fused-ring (bicyclic) bond motifs is 1. The molecule has 1 aliphatic heterocycles. The third kappa shape index (κ3) is 2.50. The zero-order valence-corrected chi connectivity index (χ0v) is 11.0. The fourth-order valence-electron chi connectivity index (χ4n) is 2.68. The second-order valence-corrected chi connectivity index (χ2v) is 8.29. The van der Waals surface area contributed by atoms with Gasteiger partial charge in [-0.3, -0.25) is 0 Å². The smallest absolute Gasteiger partial charge is 0.211 e. The highest BCUT2D eigenvalue weighted by molar-refractivity contribution is 8.00. The average Bonchev–Trinajstić information content (AvgIpc) is 2.15. The standard InChI is InChI=1S/C10H19NO2S2/c1-8-7-11(15(2,12)13)9-5-3-4-6-10(9)14-8/h8-10H,3-7H2,1-2H3. The van der Waals surface area contributed by atoms with Gasteiger partial charge in [-0.25, -0.2) is 8.42 Å². The Morgan fingerprint density at radius 1 is 1.27 bits per heavy atom. The minimum Gasteiger partial charge on any atom is -0.212 e. The topological polar surface area (TPSA) is 37.4 Å². The van der Waals surface area contributed by atoms with E-state index in [1.165, 1.54) is 25.5 Å². The largest absolute Gasteiger partial charge is 0.212 e. The minimum atomic E-state index is -3.01. The van der Waals surface area contributed by atoms with Gasteiger partial charge >= 0.3 is 0 Å². The van der Waals surface area contributed by atoms with Gasteiger partial charge in [-0.05, 0) is 12.8 Å². The minimum absolute atomic E-state index is 0.273. The molecule has 0 aromatic heterocycles. The Balaban J connectivity index is 2.21. The fourth-order valence-corrected chi connectivity index (χ4v) is 5.70. The Bertz CT molecular complexity index is 328. The molecule has 1 saturated carbocycles. The van der Waals surface area contributed by atoms with E-state index in [4.69, 9.17) is 0 Å². The summed E-state index contributed by atoms with van der Waals surface area (Å²) in [6.45, 7) is 2.83. The lowest BCUT2D eigenvalue weighted by Crippen LogP contribution is -2.53. The number of rotatable bonds is 1. The van der Waals surface area contributed by atoms with E-state index in [2.05, 4.69) is 6.92 Å². The van der Waals surface area contributed by atoms with Crippen LogP contribution in [0.5, 0.6) is 0 Å². The zero-order chi connectivity index (χ0) is 11.1. The number of hydrogen-bond donors (Lipinski definition) is 0. The predicted octanol–water partition coefficient (Wildman–Crippen LogP) is 1.69. The Labute approximate surface area is 96.7 Å². The zero-order valence-electron chi connectivity index (χ0n) is 9.35. The van der Waals surface area contributed by atoms with Gasteiger partial charge in [0.1, 0.15) is 0 Å². The summed E-state index contributed by atoms with van der Waals surface area (Å²) >= 11 is 1.98. The molecule has 0 aromatic rings. The maximum absolute atomic E-state index is 11.7. The molecule has 1 heterocycles. The van der Waals surface area contributed by atoms with Crippen molar-refractivity contribution in [1.29, 1.82) is 0 Å². The van der Waals surface area contributed by atoms with Crippen molar-refractivity contribution in [3.05, 3.63) is 0 Å². The first-order valence-corrected chi connectivity index (χ1v) is 8.40. The lowest BCUT2D eigenvalue weighted by molar-refractivity contribution is 0.252. The van der Waals surface area contributed by atoms with E-state index in [0.29, 0.717) is 17.0 Å². The quantitative estimate of drug-likeness (QED) is 0.710. The molecule has 2 fully saturated rings. The number of hydrogen-bond acceptors (Lipinski definition) is 3. The average molecular weight is 249 g/mol. The van der Waals surface area contributed by atoms with Crippen LogP contribution in [0.1, 0.15) is 32.6 Å². The summed E-state index contributed by atoms with van der Waals surface area (Å²) in [6, 6.07) is 0.273. The lowest BCUT2D eigenvalue weighted by Gasteiger charge is -2.44. The van der Waals surface area contributed by atoms with Crippen LogP contribution in [0, 0.1) is 0 Å². The van der Waals surface area contributed by atoms with Crippen LogP contribution in [0.3, 0.4) is 0 Å². The highest BCUT2D eigenvalue weighted by atomic mass is 32.2. The molecule has 3 unspecified atom stereocenters. The molecule has 3 atom stereocenters. The normalized spacial score (nSPS) is 38.7. The molecule has 5 heteroatoms. The van der Waals surface area contributed by atoms with Crippen molar-refractivity contribution in [1.82, 2.24) is 4.31 Å². The first kappa shape index (κ1) is 11.7. The van der Waals surface area contributed by atoms with Crippen molar-refractivity contribution in [2.75, 3.05) is 12.8 Å². The van der Waals surface area contributed by atoms with Crippen LogP contribution in [0.4, 0.5) is 0 Å². The monoisotopic (exact) mass is 249 g/mol. The van der Waals surface area contributed by atoms with E-state index in [1.807, 2.05) is 11.8 Å². The second-order valence-electron chi connectivity index (χ2n) is 4.67. The van der Waals surface area contributed by atoms with Crippen LogP contribution in [-0.4, -0.2) is 42.1 Å². The number of sulfonamides is 1. The predicted molar refractivity (Wildman–Crippen MR) is 64.6 cm³/mol. The molecule has 0 radical (unpaired) electrons. The van der Waals surface area contributed by atoms with Gasteiger partial charge in [0.25, 0.3) is 0 Å². The summed E-state index contributed by atoms with van der Waals surface area (Å²) in [5.74, 6) is 0. The highest BCUT2D eigenvalue weighted by Gasteiger charge is 2.40. The number of nitrogens with zero attached hydrogens (tertiary/aromatic N) is 1. The van der Waals surface area contributed by atoms with Crippen LogP contribution in [0.15, 0.2) is 0 Å². The van der Waals surface area contributed by atoms with Crippen molar-refractivity contribution >= 4 is 21.8 Å². The molecule has 2 aliphatic rings. The van der Waals surface area contributed by atoms with E-state index < -0.39 is 10.0 Å². The SMILES string of the molecule is CC1CN(S(C)(=O)=O)C2CCCCC2S1. The molecular weight excluding hydrogens is 230 g/mol. The van der Waals surface area contributed by atoms with E-state index in [0.717, 1.165) is 6.42 Å². The van der Waals surface area contributed by atoms with E-state index in [1.54, 1.807) is 4.31 Å². The molecular formula is C10H19NO2S2.